The highest BCUT2D eigenvalue weighted by Crippen LogP contribution is 2.31. The van der Waals surface area contributed by atoms with Crippen LogP contribution in [0.25, 0.3) is 16.9 Å². The van der Waals surface area contributed by atoms with E-state index >= 15 is 0 Å². The third kappa shape index (κ3) is 5.43. The van der Waals surface area contributed by atoms with Gasteiger partial charge in [-0.3, -0.25) is 19.9 Å². The molecule has 10 nitrogen and oxygen atoms in total. The summed E-state index contributed by atoms with van der Waals surface area (Å²) in [5.41, 5.74) is 3.97. The van der Waals surface area contributed by atoms with E-state index in [9.17, 15) is 9.18 Å². The van der Waals surface area contributed by atoms with Crippen LogP contribution in [0, 0.1) is 12.7 Å². The molecule has 0 saturated carbocycles. The van der Waals surface area contributed by atoms with Crippen molar-refractivity contribution >= 4 is 11.8 Å². The summed E-state index contributed by atoms with van der Waals surface area (Å²) in [6, 6.07) is 12.2. The van der Waals surface area contributed by atoms with Crippen LogP contribution in [0.15, 0.2) is 61.1 Å². The van der Waals surface area contributed by atoms with Gasteiger partial charge in [0.25, 0.3) is 0 Å². The van der Waals surface area contributed by atoms with Crippen LogP contribution in [-0.2, 0) is 11.8 Å². The summed E-state index contributed by atoms with van der Waals surface area (Å²) in [6.45, 7) is 4.53. The lowest BCUT2D eigenvalue weighted by atomic mass is 9.99. The smallest absolute Gasteiger partial charge is 0.320 e. The number of benzene rings is 1. The molecule has 0 aliphatic carbocycles. The molecule has 1 fully saturated rings. The fourth-order valence-corrected chi connectivity index (χ4v) is 4.87. The molecule has 0 bridgehead atoms. The minimum Gasteiger partial charge on any atom is -0.383 e. The normalized spacial score (nSPS) is 17.6. The summed E-state index contributed by atoms with van der Waals surface area (Å²) in [6.07, 6.45) is 4.86. The summed E-state index contributed by atoms with van der Waals surface area (Å²) < 4.78 is 22.2. The zero-order valence-corrected chi connectivity index (χ0v) is 21.6. The number of nitrogens with one attached hydrogen (secondary N) is 2. The molecule has 1 saturated heterocycles. The zero-order valence-electron chi connectivity index (χ0n) is 21.6. The number of aromatic nitrogens is 5. The lowest BCUT2D eigenvalue weighted by molar-refractivity contribution is 0.159. The van der Waals surface area contributed by atoms with Gasteiger partial charge in [0, 0.05) is 62.7 Å². The van der Waals surface area contributed by atoms with Gasteiger partial charge < -0.3 is 10.1 Å². The molecule has 11 heteroatoms. The maximum Gasteiger partial charge on any atom is 0.320 e. The van der Waals surface area contributed by atoms with Crippen molar-refractivity contribution in [3.8, 4) is 16.9 Å². The monoisotopic (exact) mass is 518 g/mol. The Kier molecular flexibility index (Phi) is 7.47. The SMILES string of the molecule is COCCN1CC(c2ccc(F)cn2)[C@H](NC(=O)Nc2c(C)c(-c3cnn(C)c3)nn2-c2ccccc2)C1. The number of likely N-dealkylation sites (tertiary alicyclic amines) is 1. The Morgan fingerprint density at radius 2 is 1.97 bits per heavy atom. The van der Waals surface area contributed by atoms with Crippen LogP contribution in [0.2, 0.25) is 0 Å². The number of hydrogen-bond acceptors (Lipinski definition) is 6. The van der Waals surface area contributed by atoms with Crippen molar-refractivity contribution in [2.75, 3.05) is 38.7 Å². The first-order chi connectivity index (χ1) is 18.4. The van der Waals surface area contributed by atoms with Gasteiger partial charge in [-0.2, -0.15) is 10.2 Å². The van der Waals surface area contributed by atoms with E-state index in [0.29, 0.717) is 25.5 Å². The number of carbonyl (C=O) groups excluding carboxylic acids is 1. The highest BCUT2D eigenvalue weighted by atomic mass is 19.1. The van der Waals surface area contributed by atoms with Crippen LogP contribution < -0.4 is 10.6 Å². The van der Waals surface area contributed by atoms with Crippen molar-refractivity contribution in [1.82, 2.24) is 34.8 Å². The van der Waals surface area contributed by atoms with E-state index in [4.69, 9.17) is 9.84 Å². The second-order valence-electron chi connectivity index (χ2n) is 9.44. The van der Waals surface area contributed by atoms with E-state index in [-0.39, 0.29) is 23.8 Å². The Hall–Kier alpha value is -4.09. The fraction of sp³-hybridized carbons (Fsp3) is 0.333. The minimum absolute atomic E-state index is 0.0932. The van der Waals surface area contributed by atoms with Gasteiger partial charge in [-0.25, -0.2) is 13.9 Å². The van der Waals surface area contributed by atoms with Gasteiger partial charge in [-0.15, -0.1) is 0 Å². The van der Waals surface area contributed by atoms with Gasteiger partial charge in [0.15, 0.2) is 0 Å². The molecule has 0 radical (unpaired) electrons. The number of urea groups is 1. The molecule has 198 valence electrons. The van der Waals surface area contributed by atoms with Gasteiger partial charge in [-0.1, -0.05) is 18.2 Å². The number of hydrogen-bond donors (Lipinski definition) is 2. The Morgan fingerprint density at radius 1 is 1.16 bits per heavy atom. The molecular weight excluding hydrogens is 487 g/mol. The highest BCUT2D eigenvalue weighted by Gasteiger charge is 2.36. The standard InChI is InChI=1S/C27H31FN8O2/c1-18-25(19-13-30-34(2)15-19)33-36(21-7-5-4-6-8-21)26(18)32-27(37)31-24-17-35(11-12-38-3)16-22(24)23-10-9-20(28)14-29-23/h4-10,13-15,22,24H,11-12,16-17H2,1-3H3,(H2,31,32,37)/t22?,24-/m1/s1. The first-order valence-corrected chi connectivity index (χ1v) is 12.5. The van der Waals surface area contributed by atoms with E-state index in [1.54, 1.807) is 28.7 Å². The van der Waals surface area contributed by atoms with Crippen molar-refractivity contribution in [3.05, 3.63) is 78.1 Å². The molecular formula is C27H31FN8O2. The Bertz CT molecular complexity index is 1390. The van der Waals surface area contributed by atoms with Crippen LogP contribution >= 0.6 is 0 Å². The molecule has 5 rings (SSSR count). The first-order valence-electron chi connectivity index (χ1n) is 12.5. The summed E-state index contributed by atoms with van der Waals surface area (Å²) in [7, 11) is 3.51. The van der Waals surface area contributed by atoms with Crippen LogP contribution in [0.5, 0.6) is 0 Å². The summed E-state index contributed by atoms with van der Waals surface area (Å²) in [5.74, 6) is 0.0850. The molecule has 2 N–H and O–H groups in total. The van der Waals surface area contributed by atoms with Crippen molar-refractivity contribution in [3.63, 3.8) is 0 Å². The highest BCUT2D eigenvalue weighted by molar-refractivity contribution is 5.91. The van der Waals surface area contributed by atoms with Crippen molar-refractivity contribution in [2.45, 2.75) is 18.9 Å². The molecule has 1 unspecified atom stereocenters. The number of aryl methyl sites for hydroxylation is 1. The number of anilines is 1. The third-order valence-electron chi connectivity index (χ3n) is 6.79. The topological polar surface area (TPSA) is 102 Å². The van der Waals surface area contributed by atoms with Crippen molar-refractivity contribution in [1.29, 1.82) is 0 Å². The van der Waals surface area contributed by atoms with Crippen LogP contribution in [0.1, 0.15) is 17.2 Å². The van der Waals surface area contributed by atoms with Gasteiger partial charge in [0.2, 0.25) is 0 Å². The third-order valence-corrected chi connectivity index (χ3v) is 6.79. The second-order valence-corrected chi connectivity index (χ2v) is 9.44. The fourth-order valence-electron chi connectivity index (χ4n) is 4.87. The molecule has 3 aromatic heterocycles. The number of pyridine rings is 1. The number of rotatable bonds is 8. The average Bonchev–Trinajstić information content (AvgIpc) is 3.61. The lowest BCUT2D eigenvalue weighted by Gasteiger charge is -2.20. The minimum atomic E-state index is -0.390. The number of ether oxygens (including phenoxy) is 1. The maximum absolute atomic E-state index is 13.5. The van der Waals surface area contributed by atoms with Gasteiger partial charge in [-0.05, 0) is 31.2 Å². The van der Waals surface area contributed by atoms with E-state index < -0.39 is 0 Å². The number of para-hydroxylation sites is 1. The predicted molar refractivity (Wildman–Crippen MR) is 142 cm³/mol. The van der Waals surface area contributed by atoms with E-state index in [0.717, 1.165) is 34.7 Å². The average molecular weight is 519 g/mol. The summed E-state index contributed by atoms with van der Waals surface area (Å²) >= 11 is 0. The van der Waals surface area contributed by atoms with Gasteiger partial charge in [0.05, 0.1) is 30.7 Å². The Labute approximate surface area is 220 Å². The maximum atomic E-state index is 13.5. The molecule has 4 heterocycles. The number of amides is 2. The van der Waals surface area contributed by atoms with Crippen LogP contribution in [0.4, 0.5) is 15.0 Å². The van der Waals surface area contributed by atoms with Crippen molar-refractivity contribution in [2.24, 2.45) is 7.05 Å². The Balaban J connectivity index is 1.41. The van der Waals surface area contributed by atoms with Crippen molar-refractivity contribution < 1.29 is 13.9 Å². The largest absolute Gasteiger partial charge is 0.383 e. The van der Waals surface area contributed by atoms with E-state index in [1.165, 1.54) is 12.3 Å². The number of halogens is 1. The van der Waals surface area contributed by atoms with Gasteiger partial charge in [0.1, 0.15) is 17.3 Å². The Morgan fingerprint density at radius 3 is 2.66 bits per heavy atom. The lowest BCUT2D eigenvalue weighted by Crippen LogP contribution is -2.42. The molecule has 1 aromatic carbocycles. The van der Waals surface area contributed by atoms with Gasteiger partial charge >= 0.3 is 6.03 Å². The molecule has 2 atom stereocenters. The second kappa shape index (κ2) is 11.1. The summed E-state index contributed by atoms with van der Waals surface area (Å²) in [4.78, 5) is 19.9. The molecule has 38 heavy (non-hydrogen) atoms. The molecule has 1 aliphatic heterocycles. The van der Waals surface area contributed by atoms with Crippen LogP contribution in [0.3, 0.4) is 0 Å². The molecule has 0 spiro atoms. The zero-order chi connectivity index (χ0) is 26.6. The van der Waals surface area contributed by atoms with E-state index in [2.05, 4.69) is 25.6 Å². The summed E-state index contributed by atoms with van der Waals surface area (Å²) in [5, 5.41) is 15.3. The van der Waals surface area contributed by atoms with E-state index in [1.807, 2.05) is 50.5 Å². The predicted octanol–water partition coefficient (Wildman–Crippen LogP) is 3.35. The quantitative estimate of drug-likeness (QED) is 0.371. The molecule has 2 amide bonds. The first kappa shape index (κ1) is 25.6. The molecule has 1 aliphatic rings. The molecule has 4 aromatic rings. The number of nitrogens with zero attached hydrogens (tertiary/aromatic N) is 6. The number of methoxy groups -OCH3 is 1. The number of carbonyl (C=O) groups is 1. The van der Waals surface area contributed by atoms with Crippen LogP contribution in [-0.4, -0.2) is 74.9 Å².